The van der Waals surface area contributed by atoms with Crippen molar-refractivity contribution in [3.8, 4) is 5.75 Å². The fourth-order valence-electron chi connectivity index (χ4n) is 2.93. The number of hydrazone groups is 1. The number of sulfonamides is 1. The third-order valence-electron chi connectivity index (χ3n) is 4.76. The molecule has 3 rings (SSSR count). The van der Waals surface area contributed by atoms with Gasteiger partial charge in [0.05, 0.1) is 28.8 Å². The van der Waals surface area contributed by atoms with Crippen molar-refractivity contribution in [2.45, 2.75) is 11.8 Å². The number of benzene rings is 3. The van der Waals surface area contributed by atoms with Crippen molar-refractivity contribution < 1.29 is 22.9 Å². The molecule has 0 unspecified atom stereocenters. The van der Waals surface area contributed by atoms with Gasteiger partial charge < -0.3 is 4.74 Å². The average Bonchev–Trinajstić information content (AvgIpc) is 2.83. The number of carbonyl (C=O) groups excluding carboxylic acids is 1. The first-order chi connectivity index (χ1) is 16.2. The van der Waals surface area contributed by atoms with Gasteiger partial charge in [-0.3, -0.25) is 19.2 Å². The van der Waals surface area contributed by atoms with Gasteiger partial charge in [-0.25, -0.2) is 13.8 Å². The summed E-state index contributed by atoms with van der Waals surface area (Å²) in [6.07, 6.45) is 1.30. The quantitative estimate of drug-likeness (QED) is 0.283. The van der Waals surface area contributed by atoms with Gasteiger partial charge in [-0.15, -0.1) is 0 Å². The predicted molar refractivity (Wildman–Crippen MR) is 128 cm³/mol. The first-order valence-electron chi connectivity index (χ1n) is 10.0. The molecule has 0 aliphatic carbocycles. The highest BCUT2D eigenvalue weighted by Gasteiger charge is 2.27. The summed E-state index contributed by atoms with van der Waals surface area (Å²) in [4.78, 5) is 22.8. The zero-order chi connectivity index (χ0) is 24.7. The standard InChI is InChI=1S/C23H22N4O6S/c1-17-3-7-19(8-4-17)26(34(31,32)22-13-11-21(33-2)12-14-22)16-23(28)25-24-15-18-5-9-20(10-6-18)27(29)30/h3-15H,16H2,1-2H3,(H,25,28)/b24-15-. The predicted octanol–water partition coefficient (Wildman–Crippen LogP) is 3.26. The highest BCUT2D eigenvalue weighted by atomic mass is 32.2. The summed E-state index contributed by atoms with van der Waals surface area (Å²) in [5, 5.41) is 14.5. The molecule has 0 aliphatic heterocycles. The molecular weight excluding hydrogens is 460 g/mol. The van der Waals surface area contributed by atoms with Crippen LogP contribution in [0.2, 0.25) is 0 Å². The van der Waals surface area contributed by atoms with Gasteiger partial charge in [-0.1, -0.05) is 17.7 Å². The lowest BCUT2D eigenvalue weighted by Crippen LogP contribution is -2.39. The second kappa shape index (κ2) is 10.6. The Morgan fingerprint density at radius 2 is 1.68 bits per heavy atom. The van der Waals surface area contributed by atoms with Gasteiger partial charge in [0.25, 0.3) is 21.6 Å². The Morgan fingerprint density at radius 3 is 2.24 bits per heavy atom. The van der Waals surface area contributed by atoms with Crippen LogP contribution in [0.15, 0.2) is 82.8 Å². The molecule has 0 saturated carbocycles. The van der Waals surface area contributed by atoms with E-state index in [1.165, 1.54) is 61.9 Å². The van der Waals surface area contributed by atoms with Crippen LogP contribution in [-0.4, -0.2) is 39.1 Å². The number of hydrogen-bond donors (Lipinski definition) is 1. The van der Waals surface area contributed by atoms with E-state index in [-0.39, 0.29) is 10.6 Å². The molecule has 3 aromatic carbocycles. The van der Waals surface area contributed by atoms with Crippen molar-refractivity contribution in [3.05, 3.63) is 94.0 Å². The molecule has 0 fully saturated rings. The first-order valence-corrected chi connectivity index (χ1v) is 11.4. The van der Waals surface area contributed by atoms with Crippen LogP contribution >= 0.6 is 0 Å². The van der Waals surface area contributed by atoms with Crippen LogP contribution in [0, 0.1) is 17.0 Å². The van der Waals surface area contributed by atoms with E-state index in [1.807, 2.05) is 6.92 Å². The molecule has 0 saturated heterocycles. The highest BCUT2D eigenvalue weighted by molar-refractivity contribution is 7.92. The van der Waals surface area contributed by atoms with Gasteiger partial charge >= 0.3 is 0 Å². The SMILES string of the molecule is COc1ccc(S(=O)(=O)N(CC(=O)N/N=C\c2ccc([N+](=O)[O-])cc2)c2ccc(C)cc2)cc1. The fraction of sp³-hybridized carbons (Fsp3) is 0.130. The van der Waals surface area contributed by atoms with E-state index in [1.54, 1.807) is 24.3 Å². The van der Waals surface area contributed by atoms with Gasteiger partial charge in [0.2, 0.25) is 0 Å². The molecule has 0 bridgehead atoms. The van der Waals surface area contributed by atoms with Gasteiger partial charge in [0.1, 0.15) is 12.3 Å². The number of hydrogen-bond acceptors (Lipinski definition) is 7. The summed E-state index contributed by atoms with van der Waals surface area (Å²) >= 11 is 0. The Bertz CT molecular complexity index is 1290. The second-order valence-corrected chi connectivity index (χ2v) is 9.03. The molecule has 34 heavy (non-hydrogen) atoms. The molecule has 0 aliphatic rings. The normalized spacial score (nSPS) is 11.2. The van der Waals surface area contributed by atoms with Gasteiger partial charge in [-0.2, -0.15) is 5.10 Å². The number of non-ortho nitro benzene ring substituents is 1. The Labute approximate surface area is 196 Å². The Morgan fingerprint density at radius 1 is 1.06 bits per heavy atom. The number of nitro benzene ring substituents is 1. The molecule has 1 amide bonds. The third-order valence-corrected chi connectivity index (χ3v) is 6.55. The van der Waals surface area contributed by atoms with Crippen LogP contribution < -0.4 is 14.5 Å². The summed E-state index contributed by atoms with van der Waals surface area (Å²) in [6.45, 7) is 1.35. The van der Waals surface area contributed by atoms with Crippen molar-refractivity contribution >= 4 is 33.5 Å². The molecule has 176 valence electrons. The van der Waals surface area contributed by atoms with Gasteiger partial charge in [0.15, 0.2) is 0 Å². The minimum Gasteiger partial charge on any atom is -0.497 e. The maximum Gasteiger partial charge on any atom is 0.269 e. The van der Waals surface area contributed by atoms with Crippen molar-refractivity contribution in [1.29, 1.82) is 0 Å². The van der Waals surface area contributed by atoms with Gasteiger partial charge in [0, 0.05) is 12.1 Å². The summed E-state index contributed by atoms with van der Waals surface area (Å²) < 4.78 is 32.8. The molecule has 0 atom stereocenters. The number of nitrogens with one attached hydrogen (secondary N) is 1. The van der Waals surface area contributed by atoms with E-state index >= 15 is 0 Å². The maximum atomic E-state index is 13.3. The highest BCUT2D eigenvalue weighted by Crippen LogP contribution is 2.25. The Hall–Kier alpha value is -4.25. The molecule has 11 heteroatoms. The van der Waals surface area contributed by atoms with Crippen molar-refractivity contribution in [2.24, 2.45) is 5.10 Å². The number of methoxy groups -OCH3 is 1. The van der Waals surface area contributed by atoms with Crippen LogP contribution in [0.3, 0.4) is 0 Å². The van der Waals surface area contributed by atoms with E-state index in [4.69, 9.17) is 4.74 Å². The lowest BCUT2D eigenvalue weighted by Gasteiger charge is -2.24. The lowest BCUT2D eigenvalue weighted by molar-refractivity contribution is -0.384. The van der Waals surface area contributed by atoms with Crippen LogP contribution in [0.25, 0.3) is 0 Å². The third kappa shape index (κ3) is 5.95. The van der Waals surface area contributed by atoms with Crippen molar-refractivity contribution in [2.75, 3.05) is 18.0 Å². The van der Waals surface area contributed by atoms with Crippen molar-refractivity contribution in [3.63, 3.8) is 0 Å². The summed E-state index contributed by atoms with van der Waals surface area (Å²) in [5.74, 6) is -0.171. The monoisotopic (exact) mass is 482 g/mol. The number of anilines is 1. The average molecular weight is 483 g/mol. The van der Waals surface area contributed by atoms with Crippen LogP contribution in [0.1, 0.15) is 11.1 Å². The molecule has 0 radical (unpaired) electrons. The molecule has 3 aromatic rings. The van der Waals surface area contributed by atoms with Gasteiger partial charge in [-0.05, 0) is 61.0 Å². The zero-order valence-electron chi connectivity index (χ0n) is 18.4. The minimum atomic E-state index is -4.08. The second-order valence-electron chi connectivity index (χ2n) is 7.16. The van der Waals surface area contributed by atoms with E-state index in [2.05, 4.69) is 10.5 Å². The van der Waals surface area contributed by atoms with Crippen LogP contribution in [0.5, 0.6) is 5.75 Å². The minimum absolute atomic E-state index is 0.00365. The molecule has 1 N–H and O–H groups in total. The first kappa shape index (κ1) is 24.4. The Balaban J connectivity index is 1.80. The van der Waals surface area contributed by atoms with E-state index in [0.717, 1.165) is 9.87 Å². The lowest BCUT2D eigenvalue weighted by atomic mass is 10.2. The molecular formula is C23H22N4O6S. The Kier molecular flexibility index (Phi) is 7.59. The largest absolute Gasteiger partial charge is 0.497 e. The van der Waals surface area contributed by atoms with Crippen LogP contribution in [-0.2, 0) is 14.8 Å². The van der Waals surface area contributed by atoms with E-state index in [0.29, 0.717) is 17.0 Å². The van der Waals surface area contributed by atoms with E-state index in [9.17, 15) is 23.3 Å². The molecule has 10 nitrogen and oxygen atoms in total. The molecule has 0 spiro atoms. The van der Waals surface area contributed by atoms with Crippen molar-refractivity contribution in [1.82, 2.24) is 5.43 Å². The number of nitro groups is 1. The number of aryl methyl sites for hydroxylation is 1. The summed E-state index contributed by atoms with van der Waals surface area (Å²) in [5.41, 5.74) is 3.99. The molecule has 0 heterocycles. The zero-order valence-corrected chi connectivity index (χ0v) is 19.2. The number of amides is 1. The topological polar surface area (TPSA) is 131 Å². The summed E-state index contributed by atoms with van der Waals surface area (Å²) in [6, 6.07) is 18.1. The number of ether oxygens (including phenoxy) is 1. The fourth-order valence-corrected chi connectivity index (χ4v) is 4.35. The number of carbonyl (C=O) groups is 1. The number of nitrogens with zero attached hydrogens (tertiary/aromatic N) is 3. The van der Waals surface area contributed by atoms with E-state index < -0.39 is 27.4 Å². The maximum absolute atomic E-state index is 13.3. The summed E-state index contributed by atoms with van der Waals surface area (Å²) in [7, 11) is -2.60. The number of rotatable bonds is 9. The molecule has 0 aromatic heterocycles. The smallest absolute Gasteiger partial charge is 0.269 e. The van der Waals surface area contributed by atoms with Crippen LogP contribution in [0.4, 0.5) is 11.4 Å².